The fraction of sp³-hybridized carbons (Fsp3) is 1.00. The minimum Gasteiger partial charge on any atom is -0.166 e. The van der Waals surface area contributed by atoms with Crippen LogP contribution in [-0.4, -0.2) is 30.9 Å². The van der Waals surface area contributed by atoms with Crippen molar-refractivity contribution < 1.29 is 0 Å². The average Bonchev–Trinajstić information content (AvgIpc) is 1.47. The number of rotatable bonds is 0. The molecule has 0 aliphatic carbocycles. The van der Waals surface area contributed by atoms with Gasteiger partial charge < -0.3 is 0 Å². The second-order valence-corrected chi connectivity index (χ2v) is 9.57. The molecule has 0 aromatic heterocycles. The van der Waals surface area contributed by atoms with Crippen LogP contribution in [0.5, 0.6) is 0 Å². The molecule has 0 saturated carbocycles. The van der Waals surface area contributed by atoms with Crippen molar-refractivity contribution >= 4 is 53.8 Å². The van der Waals surface area contributed by atoms with Gasteiger partial charge in [-0.25, -0.2) is 0 Å². The third-order valence-electron chi connectivity index (χ3n) is 0.612. The van der Waals surface area contributed by atoms with E-state index in [2.05, 4.69) is 66.8 Å². The van der Waals surface area contributed by atoms with Crippen molar-refractivity contribution in [2.75, 3.05) is 0 Å². The third kappa shape index (κ3) is 51.2. The molecule has 5 heteroatoms. The maximum atomic E-state index is 3.83. The normalized spacial score (nSPS) is 10.8. The minimum atomic E-state index is 0. The zero-order valence-electron chi connectivity index (χ0n) is 11.0. The molecule has 0 N–H and O–H groups in total. The Bertz CT molecular complexity index is 111. The van der Waals surface area contributed by atoms with Gasteiger partial charge in [-0.05, 0) is 6.92 Å². The molecule has 0 unspecified atom stereocenters. The van der Waals surface area contributed by atoms with E-state index in [9.17, 15) is 0 Å². The molecule has 0 atom stereocenters. The van der Waals surface area contributed by atoms with Crippen LogP contribution in [0.3, 0.4) is 0 Å². The first kappa shape index (κ1) is 25.1. The van der Waals surface area contributed by atoms with Gasteiger partial charge in [0.2, 0.25) is 0 Å². The summed E-state index contributed by atoms with van der Waals surface area (Å²) in [5.41, 5.74) is 0. The zero-order valence-corrected chi connectivity index (χ0v) is 13.6. The smallest absolute Gasteiger partial charge is 0.0414 e. The summed E-state index contributed by atoms with van der Waals surface area (Å²) in [5.74, 6) is 0. The molecule has 0 fully saturated rings. The molecule has 0 saturated heterocycles. The molecule has 0 aliphatic rings. The molecule has 0 heterocycles. The molecule has 0 aromatic rings. The van der Waals surface area contributed by atoms with Gasteiger partial charge in [0.25, 0.3) is 0 Å². The van der Waals surface area contributed by atoms with Crippen molar-refractivity contribution in [1.29, 1.82) is 0 Å². The van der Waals surface area contributed by atoms with E-state index in [1.165, 1.54) is 0 Å². The van der Waals surface area contributed by atoms with E-state index >= 15 is 0 Å². The van der Waals surface area contributed by atoms with Gasteiger partial charge in [-0.1, -0.05) is 41.5 Å². The van der Waals surface area contributed by atoms with Gasteiger partial charge in [-0.2, -0.15) is 37.0 Å². The Morgan fingerprint density at radius 2 is 0.933 bits per heavy atom. The van der Waals surface area contributed by atoms with Crippen LogP contribution in [0.1, 0.15) is 48.5 Å². The number of hydrogen-bond donors (Lipinski definition) is 2. The lowest BCUT2D eigenvalue weighted by atomic mass is 10.2. The molecule has 0 aliphatic heterocycles. The van der Waals surface area contributed by atoms with E-state index in [0.717, 1.165) is 0 Å². The molecule has 15 heavy (non-hydrogen) atoms. The monoisotopic (exact) mass is 262 g/mol. The molecule has 0 nitrogen and oxygen atoms in total. The Labute approximate surface area is 116 Å². The van der Waals surface area contributed by atoms with Crippen molar-refractivity contribution in [3.63, 3.8) is 0 Å². The van der Waals surface area contributed by atoms with Crippen LogP contribution >= 0.6 is 37.0 Å². The second kappa shape index (κ2) is 10.3. The van der Waals surface area contributed by atoms with Gasteiger partial charge in [0, 0.05) is 30.9 Å². The predicted octanol–water partition coefficient (Wildman–Crippen LogP) is 3.75. The Balaban J connectivity index is -0.0000000883. The lowest BCUT2D eigenvalue weighted by Gasteiger charge is -2.28. The van der Waals surface area contributed by atoms with Crippen LogP contribution in [0.4, 0.5) is 0 Å². The summed E-state index contributed by atoms with van der Waals surface area (Å²) < 4.78 is 1.02. The average molecular weight is 262 g/mol. The lowest BCUT2D eigenvalue weighted by Crippen LogP contribution is -2.19. The van der Waals surface area contributed by atoms with Gasteiger partial charge in [0.1, 0.15) is 0 Å². The van der Waals surface area contributed by atoms with Crippen LogP contribution in [0, 0.1) is 0 Å². The molecule has 0 bridgehead atoms. The topological polar surface area (TPSA) is 0 Å². The molecule has 0 rings (SSSR count). The minimum absolute atomic E-state index is 0. The summed E-state index contributed by atoms with van der Waals surface area (Å²) in [6.45, 7) is 15.4. The van der Waals surface area contributed by atoms with Gasteiger partial charge in [0.05, 0.1) is 0 Å². The summed E-state index contributed by atoms with van der Waals surface area (Å²) in [6.07, 6.45) is 0. The van der Waals surface area contributed by atoms with Crippen LogP contribution in [0.25, 0.3) is 0 Å². The van der Waals surface area contributed by atoms with E-state index < -0.39 is 0 Å². The van der Waals surface area contributed by atoms with Crippen LogP contribution < -0.4 is 0 Å². The maximum absolute atomic E-state index is 3.83. The first-order valence-corrected chi connectivity index (χ1v) is 6.35. The lowest BCUT2D eigenvalue weighted by molar-refractivity contribution is 0.740. The second-order valence-electron chi connectivity index (χ2n) is 4.96. The molecule has 0 spiro atoms. The van der Waals surface area contributed by atoms with Crippen molar-refractivity contribution in [2.24, 2.45) is 0 Å². The highest BCUT2D eigenvalue weighted by molar-refractivity contribution is 8.01. The Morgan fingerprint density at radius 3 is 0.933 bits per heavy atom. The fourth-order valence-corrected chi connectivity index (χ4v) is 2.76. The summed E-state index contributed by atoms with van der Waals surface area (Å²) >= 11 is 9.67. The predicted molar refractivity (Wildman–Crippen MR) is 86.0 cm³/mol. The highest BCUT2D eigenvalue weighted by Crippen LogP contribution is 2.35. The Hall–Kier alpha value is 1.18. The maximum Gasteiger partial charge on any atom is 0.0414 e. The fourth-order valence-electron chi connectivity index (χ4n) is 0.919. The highest BCUT2D eigenvalue weighted by atomic mass is 32.2. The van der Waals surface area contributed by atoms with Crippen LogP contribution in [-0.2, 0) is 0 Å². The van der Waals surface area contributed by atoms with E-state index in [-0.39, 0.29) is 21.4 Å². The number of thiol groups is 2. The summed E-state index contributed by atoms with van der Waals surface area (Å²) in [4.78, 5) is 0. The molecule has 6 radical (unpaired) electrons. The van der Waals surface area contributed by atoms with Crippen molar-refractivity contribution in [2.45, 2.75) is 62.5 Å². The van der Waals surface area contributed by atoms with Crippen LogP contribution in [0.15, 0.2) is 0 Å². The van der Waals surface area contributed by atoms with E-state index in [1.54, 1.807) is 0 Å². The summed E-state index contributed by atoms with van der Waals surface area (Å²) in [6, 6.07) is 0. The number of thioether (sulfide) groups is 1. The van der Waals surface area contributed by atoms with Gasteiger partial charge >= 0.3 is 0 Å². The first-order valence-electron chi connectivity index (χ1n) is 4.50. The van der Waals surface area contributed by atoms with Gasteiger partial charge in [-0.15, -0.1) is 0 Å². The Morgan fingerprint density at radius 1 is 0.800 bits per heavy atom. The van der Waals surface area contributed by atoms with Crippen molar-refractivity contribution in [3.8, 4) is 0 Å². The first-order chi connectivity index (χ1) is 5.44. The highest BCUT2D eigenvalue weighted by Gasteiger charge is 2.20. The van der Waals surface area contributed by atoms with E-state index in [1.807, 2.05) is 18.7 Å². The molecule has 0 amide bonds. The van der Waals surface area contributed by atoms with Crippen molar-refractivity contribution in [1.82, 2.24) is 0 Å². The van der Waals surface area contributed by atoms with E-state index in [0.29, 0.717) is 9.49 Å². The van der Waals surface area contributed by atoms with E-state index in [4.69, 9.17) is 0 Å². The summed E-state index contributed by atoms with van der Waals surface area (Å²) in [7, 11) is 0. The molecule has 88 valence electrons. The number of hydrogen-bond acceptors (Lipinski definition) is 3. The SMILES string of the molecule is CC(C)(C)SC(C)(C)C.CC(S)S.[B].[B]. The summed E-state index contributed by atoms with van der Waals surface area (Å²) in [5, 5.41) is 0. The molecule has 0 aromatic carbocycles. The zero-order chi connectivity index (χ0) is 11.3. The van der Waals surface area contributed by atoms with Gasteiger partial charge in [0.15, 0.2) is 0 Å². The molecular formula is C10H24B2S3. The quantitative estimate of drug-likeness (QED) is 0.381. The Kier molecular flexibility index (Phi) is 17.3. The largest absolute Gasteiger partial charge is 0.166 e. The van der Waals surface area contributed by atoms with Crippen LogP contribution in [0.2, 0.25) is 0 Å². The van der Waals surface area contributed by atoms with Gasteiger partial charge in [-0.3, -0.25) is 0 Å². The third-order valence-corrected chi connectivity index (χ3v) is 1.84. The standard InChI is InChI=1S/C8H18S.C2H6S2.2B/c1-7(2,3)9-8(4,5)6;1-2(3)4;;/h1-6H3;2-4H,1H3;;. The van der Waals surface area contributed by atoms with Crippen molar-refractivity contribution in [3.05, 3.63) is 0 Å². The molecular weight excluding hydrogens is 238 g/mol.